The van der Waals surface area contributed by atoms with Gasteiger partial charge in [-0.2, -0.15) is 0 Å². The lowest BCUT2D eigenvalue weighted by Crippen LogP contribution is -2.51. The van der Waals surface area contributed by atoms with Gasteiger partial charge in [0.15, 0.2) is 0 Å². The highest BCUT2D eigenvalue weighted by Crippen LogP contribution is 2.34. The molecule has 2 saturated heterocycles. The molecule has 0 radical (unpaired) electrons. The third-order valence-electron chi connectivity index (χ3n) is 4.78. The molecule has 3 rings (SSSR count). The molecule has 6 heteroatoms. The summed E-state index contributed by atoms with van der Waals surface area (Å²) in [6.07, 6.45) is 6.51. The molecule has 0 unspecified atom stereocenters. The largest absolute Gasteiger partial charge is 0.373 e. The number of hydrogen-bond acceptors (Lipinski definition) is 4. The van der Waals surface area contributed by atoms with Crippen LogP contribution in [-0.2, 0) is 11.3 Å². The van der Waals surface area contributed by atoms with Crippen LogP contribution < -0.4 is 5.32 Å². The first kappa shape index (κ1) is 16.2. The monoisotopic (exact) mass is 318 g/mol. The van der Waals surface area contributed by atoms with E-state index in [-0.39, 0.29) is 17.7 Å². The van der Waals surface area contributed by atoms with Crippen molar-refractivity contribution in [1.29, 1.82) is 0 Å². The fourth-order valence-corrected chi connectivity index (χ4v) is 3.55. The summed E-state index contributed by atoms with van der Waals surface area (Å²) in [6.45, 7) is 3.63. The van der Waals surface area contributed by atoms with Gasteiger partial charge in [-0.15, -0.1) is 0 Å². The molecule has 23 heavy (non-hydrogen) atoms. The zero-order valence-corrected chi connectivity index (χ0v) is 14.0. The second-order valence-electron chi connectivity index (χ2n) is 6.88. The number of aromatic nitrogens is 1. The van der Waals surface area contributed by atoms with Crippen LogP contribution in [-0.4, -0.2) is 66.2 Å². The maximum absolute atomic E-state index is 11.9. The molecule has 2 aliphatic heterocycles. The number of likely N-dealkylation sites (tertiary alicyclic amines) is 1. The second kappa shape index (κ2) is 6.84. The van der Waals surface area contributed by atoms with E-state index in [0.717, 1.165) is 45.5 Å². The number of nitrogens with one attached hydrogen (secondary N) is 1. The Bertz CT molecular complexity index is 537. The van der Waals surface area contributed by atoms with E-state index >= 15 is 0 Å². The normalized spacial score (nSPS) is 28.0. The van der Waals surface area contributed by atoms with Gasteiger partial charge in [-0.05, 0) is 37.0 Å². The molecule has 1 aromatic heterocycles. The number of ether oxygens (including phenoxy) is 1. The molecule has 126 valence electrons. The fourth-order valence-electron chi connectivity index (χ4n) is 3.55. The number of amides is 2. The van der Waals surface area contributed by atoms with Crippen LogP contribution in [0.4, 0.5) is 4.79 Å². The minimum atomic E-state index is -0.102. The summed E-state index contributed by atoms with van der Waals surface area (Å²) >= 11 is 0. The van der Waals surface area contributed by atoms with E-state index in [9.17, 15) is 4.79 Å². The van der Waals surface area contributed by atoms with Crippen molar-refractivity contribution in [1.82, 2.24) is 20.1 Å². The molecule has 1 spiro atoms. The summed E-state index contributed by atoms with van der Waals surface area (Å²) in [5, 5.41) is 3.11. The Morgan fingerprint density at radius 3 is 3.00 bits per heavy atom. The van der Waals surface area contributed by atoms with Crippen molar-refractivity contribution in [2.75, 3.05) is 33.8 Å². The summed E-state index contributed by atoms with van der Waals surface area (Å²) in [5.41, 5.74) is 1.18. The molecule has 1 N–H and O–H groups in total. The number of hydrogen-bond donors (Lipinski definition) is 1. The van der Waals surface area contributed by atoms with E-state index < -0.39 is 0 Å². The smallest absolute Gasteiger partial charge is 0.317 e. The maximum Gasteiger partial charge on any atom is 0.317 e. The third kappa shape index (κ3) is 4.00. The van der Waals surface area contributed by atoms with Crippen LogP contribution >= 0.6 is 0 Å². The third-order valence-corrected chi connectivity index (χ3v) is 4.78. The number of urea groups is 1. The van der Waals surface area contributed by atoms with Crippen LogP contribution in [0.25, 0.3) is 0 Å². The molecule has 0 saturated carbocycles. The van der Waals surface area contributed by atoms with Gasteiger partial charge in [0.1, 0.15) is 0 Å². The van der Waals surface area contributed by atoms with Crippen molar-refractivity contribution in [3.05, 3.63) is 30.1 Å². The van der Waals surface area contributed by atoms with Crippen LogP contribution in [0.5, 0.6) is 0 Å². The first-order chi connectivity index (χ1) is 11.1. The number of pyridine rings is 1. The molecular formula is C17H26N4O2. The molecule has 3 heterocycles. The topological polar surface area (TPSA) is 57.7 Å². The summed E-state index contributed by atoms with van der Waals surface area (Å²) in [4.78, 5) is 20.0. The number of nitrogens with zero attached hydrogens (tertiary/aromatic N) is 3. The standard InChI is InChI=1S/C17H26N4O2/c1-20(2)16(22)19-15-5-10-23-17(11-15)6-9-21(13-17)12-14-3-7-18-8-4-14/h3-4,7-8,15H,5-6,9-13H2,1-2H3,(H,19,22)/t15-,17+/m0/s1. The highest BCUT2D eigenvalue weighted by Gasteiger charge is 2.43. The lowest BCUT2D eigenvalue weighted by atomic mass is 9.89. The molecule has 0 aliphatic carbocycles. The quantitative estimate of drug-likeness (QED) is 0.917. The van der Waals surface area contributed by atoms with Gasteiger partial charge in [0.2, 0.25) is 0 Å². The predicted octanol–water partition coefficient (Wildman–Crippen LogP) is 1.48. The van der Waals surface area contributed by atoms with Crippen molar-refractivity contribution in [3.63, 3.8) is 0 Å². The number of rotatable bonds is 3. The van der Waals surface area contributed by atoms with Crippen molar-refractivity contribution in [3.8, 4) is 0 Å². The molecule has 2 aliphatic rings. The first-order valence-corrected chi connectivity index (χ1v) is 8.29. The molecule has 1 aromatic rings. The predicted molar refractivity (Wildman–Crippen MR) is 88.1 cm³/mol. The SMILES string of the molecule is CN(C)C(=O)N[C@H]1CCO[C@]2(CCN(Cc3ccncc3)C2)C1. The molecule has 0 bridgehead atoms. The average Bonchev–Trinajstić information content (AvgIpc) is 2.90. The highest BCUT2D eigenvalue weighted by molar-refractivity contribution is 5.73. The average molecular weight is 318 g/mol. The molecule has 2 amide bonds. The second-order valence-corrected chi connectivity index (χ2v) is 6.88. The molecule has 6 nitrogen and oxygen atoms in total. The Hall–Kier alpha value is -1.66. The molecule has 0 aromatic carbocycles. The zero-order chi connectivity index (χ0) is 16.3. The number of carbonyl (C=O) groups excluding carboxylic acids is 1. The Morgan fingerprint density at radius 1 is 1.48 bits per heavy atom. The molecular weight excluding hydrogens is 292 g/mol. The van der Waals surface area contributed by atoms with Gasteiger partial charge in [0.25, 0.3) is 0 Å². The van der Waals surface area contributed by atoms with E-state index in [0.29, 0.717) is 0 Å². The number of carbonyl (C=O) groups is 1. The Labute approximate surface area is 137 Å². The van der Waals surface area contributed by atoms with Crippen LogP contribution in [0, 0.1) is 0 Å². The maximum atomic E-state index is 11.9. The van der Waals surface area contributed by atoms with Crippen LogP contribution in [0.1, 0.15) is 24.8 Å². The van der Waals surface area contributed by atoms with Crippen LogP contribution in [0.3, 0.4) is 0 Å². The van der Waals surface area contributed by atoms with Crippen molar-refractivity contribution in [2.24, 2.45) is 0 Å². The summed E-state index contributed by atoms with van der Waals surface area (Å²) < 4.78 is 6.15. The Balaban J connectivity index is 1.56. The minimum absolute atomic E-state index is 0.0151. The van der Waals surface area contributed by atoms with Gasteiger partial charge in [-0.1, -0.05) is 0 Å². The van der Waals surface area contributed by atoms with Gasteiger partial charge < -0.3 is 15.0 Å². The van der Waals surface area contributed by atoms with E-state index in [4.69, 9.17) is 4.74 Å². The van der Waals surface area contributed by atoms with E-state index in [2.05, 4.69) is 27.3 Å². The van der Waals surface area contributed by atoms with Gasteiger partial charge >= 0.3 is 6.03 Å². The van der Waals surface area contributed by atoms with Gasteiger partial charge in [-0.25, -0.2) is 4.79 Å². The summed E-state index contributed by atoms with van der Waals surface area (Å²) in [5.74, 6) is 0. The van der Waals surface area contributed by atoms with E-state index in [1.807, 2.05) is 12.4 Å². The lowest BCUT2D eigenvalue weighted by molar-refractivity contribution is -0.0792. The highest BCUT2D eigenvalue weighted by atomic mass is 16.5. The van der Waals surface area contributed by atoms with Crippen LogP contribution in [0.2, 0.25) is 0 Å². The Morgan fingerprint density at radius 2 is 2.26 bits per heavy atom. The summed E-state index contributed by atoms with van der Waals surface area (Å²) in [6, 6.07) is 4.32. The summed E-state index contributed by atoms with van der Waals surface area (Å²) in [7, 11) is 3.55. The Kier molecular flexibility index (Phi) is 4.82. The zero-order valence-electron chi connectivity index (χ0n) is 14.0. The van der Waals surface area contributed by atoms with Gasteiger partial charge in [-0.3, -0.25) is 9.88 Å². The van der Waals surface area contributed by atoms with Crippen LogP contribution in [0.15, 0.2) is 24.5 Å². The molecule has 2 fully saturated rings. The van der Waals surface area contributed by atoms with E-state index in [1.165, 1.54) is 5.56 Å². The first-order valence-electron chi connectivity index (χ1n) is 8.29. The lowest BCUT2D eigenvalue weighted by Gasteiger charge is -2.38. The van der Waals surface area contributed by atoms with E-state index in [1.54, 1.807) is 19.0 Å². The van der Waals surface area contributed by atoms with Crippen molar-refractivity contribution < 1.29 is 9.53 Å². The van der Waals surface area contributed by atoms with Crippen molar-refractivity contribution in [2.45, 2.75) is 37.5 Å². The van der Waals surface area contributed by atoms with Crippen molar-refractivity contribution >= 4 is 6.03 Å². The molecule has 2 atom stereocenters. The minimum Gasteiger partial charge on any atom is -0.373 e. The van der Waals surface area contributed by atoms with Gasteiger partial charge in [0.05, 0.1) is 5.60 Å². The van der Waals surface area contributed by atoms with Gasteiger partial charge in [0, 0.05) is 58.8 Å². The fraction of sp³-hybridized carbons (Fsp3) is 0.647.